The molecule has 0 N–H and O–H groups in total. The van der Waals surface area contributed by atoms with Gasteiger partial charge in [-0.25, -0.2) is 0 Å². The summed E-state index contributed by atoms with van der Waals surface area (Å²) < 4.78 is 10.8. The standard InChI is InChI=1S/C12H15NO2/c1-8(2)15-11-6-5-9(3)10(7-13)12(11)14-4/h5-6,8H,1-4H3. The van der Waals surface area contributed by atoms with Crippen molar-refractivity contribution in [2.75, 3.05) is 7.11 Å². The number of nitriles is 1. The Morgan fingerprint density at radius 3 is 2.47 bits per heavy atom. The molecule has 0 fully saturated rings. The lowest BCUT2D eigenvalue weighted by Gasteiger charge is -2.15. The average Bonchev–Trinajstić information content (AvgIpc) is 2.19. The van der Waals surface area contributed by atoms with Gasteiger partial charge in [0.15, 0.2) is 11.5 Å². The van der Waals surface area contributed by atoms with E-state index in [1.165, 1.54) is 0 Å². The van der Waals surface area contributed by atoms with Gasteiger partial charge < -0.3 is 9.47 Å². The lowest BCUT2D eigenvalue weighted by Crippen LogP contribution is -2.07. The van der Waals surface area contributed by atoms with E-state index < -0.39 is 0 Å². The molecule has 80 valence electrons. The van der Waals surface area contributed by atoms with Gasteiger partial charge >= 0.3 is 0 Å². The first kappa shape index (κ1) is 11.4. The smallest absolute Gasteiger partial charge is 0.178 e. The first-order chi connectivity index (χ1) is 7.10. The maximum atomic E-state index is 9.00. The van der Waals surface area contributed by atoms with Crippen molar-refractivity contribution in [3.63, 3.8) is 0 Å². The van der Waals surface area contributed by atoms with Gasteiger partial charge in [0, 0.05) is 0 Å². The number of benzene rings is 1. The summed E-state index contributed by atoms with van der Waals surface area (Å²) in [6, 6.07) is 5.81. The number of rotatable bonds is 3. The Labute approximate surface area is 90.2 Å². The number of ether oxygens (including phenoxy) is 2. The molecule has 1 aromatic rings. The van der Waals surface area contributed by atoms with Gasteiger partial charge in [0.05, 0.1) is 13.2 Å². The van der Waals surface area contributed by atoms with E-state index in [0.717, 1.165) is 5.56 Å². The first-order valence-electron chi connectivity index (χ1n) is 4.84. The van der Waals surface area contributed by atoms with Gasteiger partial charge in [-0.3, -0.25) is 0 Å². The molecule has 0 radical (unpaired) electrons. The molecule has 1 rings (SSSR count). The highest BCUT2D eigenvalue weighted by molar-refractivity contribution is 5.56. The van der Waals surface area contributed by atoms with Crippen LogP contribution in [0.2, 0.25) is 0 Å². The Bertz CT molecular complexity index is 391. The second-order valence-corrected chi connectivity index (χ2v) is 3.57. The normalized spacial score (nSPS) is 9.87. The Kier molecular flexibility index (Phi) is 3.56. The van der Waals surface area contributed by atoms with Crippen LogP contribution in [0.3, 0.4) is 0 Å². The molecule has 0 amide bonds. The van der Waals surface area contributed by atoms with E-state index in [1.54, 1.807) is 7.11 Å². The largest absolute Gasteiger partial charge is 0.492 e. The Hall–Kier alpha value is -1.69. The molecule has 0 heterocycles. The molecule has 1 aromatic carbocycles. The van der Waals surface area contributed by atoms with E-state index in [-0.39, 0.29) is 6.10 Å². The highest BCUT2D eigenvalue weighted by Gasteiger charge is 2.13. The quantitative estimate of drug-likeness (QED) is 0.761. The van der Waals surface area contributed by atoms with Gasteiger partial charge in [-0.15, -0.1) is 0 Å². The Morgan fingerprint density at radius 1 is 1.33 bits per heavy atom. The molecule has 0 atom stereocenters. The highest BCUT2D eigenvalue weighted by Crippen LogP contribution is 2.33. The molecule has 0 aliphatic rings. The summed E-state index contributed by atoms with van der Waals surface area (Å²) in [4.78, 5) is 0. The van der Waals surface area contributed by atoms with Crippen LogP contribution in [0.15, 0.2) is 12.1 Å². The van der Waals surface area contributed by atoms with Crippen LogP contribution < -0.4 is 9.47 Å². The SMILES string of the molecule is COc1c(OC(C)C)ccc(C)c1C#N. The van der Waals surface area contributed by atoms with Crippen molar-refractivity contribution in [3.8, 4) is 17.6 Å². The lowest BCUT2D eigenvalue weighted by molar-refractivity contribution is 0.230. The predicted molar refractivity (Wildman–Crippen MR) is 58.2 cm³/mol. The summed E-state index contributed by atoms with van der Waals surface area (Å²) >= 11 is 0. The van der Waals surface area contributed by atoms with Crippen molar-refractivity contribution in [2.24, 2.45) is 0 Å². The van der Waals surface area contributed by atoms with Gasteiger partial charge in [-0.05, 0) is 32.4 Å². The molecule has 0 spiro atoms. The monoisotopic (exact) mass is 205 g/mol. The third-order valence-corrected chi connectivity index (χ3v) is 2.01. The second-order valence-electron chi connectivity index (χ2n) is 3.57. The van der Waals surface area contributed by atoms with Gasteiger partial charge in [-0.2, -0.15) is 5.26 Å². The summed E-state index contributed by atoms with van der Waals surface area (Å²) in [6.07, 6.45) is 0.0631. The molecule has 15 heavy (non-hydrogen) atoms. The maximum absolute atomic E-state index is 9.00. The minimum Gasteiger partial charge on any atom is -0.492 e. The molecular weight excluding hydrogens is 190 g/mol. The van der Waals surface area contributed by atoms with Gasteiger partial charge in [0.25, 0.3) is 0 Å². The van der Waals surface area contributed by atoms with Crippen LogP contribution in [0, 0.1) is 18.3 Å². The predicted octanol–water partition coefficient (Wildman–Crippen LogP) is 2.66. The zero-order valence-electron chi connectivity index (χ0n) is 9.50. The molecule has 0 unspecified atom stereocenters. The van der Waals surface area contributed by atoms with Crippen LogP contribution in [0.5, 0.6) is 11.5 Å². The van der Waals surface area contributed by atoms with E-state index in [9.17, 15) is 0 Å². The van der Waals surface area contributed by atoms with Crippen molar-refractivity contribution < 1.29 is 9.47 Å². The lowest BCUT2D eigenvalue weighted by atomic mass is 10.1. The molecule has 0 bridgehead atoms. The molecule has 0 saturated carbocycles. The number of hydrogen-bond donors (Lipinski definition) is 0. The summed E-state index contributed by atoms with van der Waals surface area (Å²) in [5.41, 5.74) is 1.43. The Morgan fingerprint density at radius 2 is 2.00 bits per heavy atom. The fraction of sp³-hybridized carbons (Fsp3) is 0.417. The summed E-state index contributed by atoms with van der Waals surface area (Å²) in [6.45, 7) is 5.75. The van der Waals surface area contributed by atoms with E-state index in [4.69, 9.17) is 14.7 Å². The van der Waals surface area contributed by atoms with Crippen molar-refractivity contribution >= 4 is 0 Å². The van der Waals surface area contributed by atoms with Crippen LogP contribution in [-0.2, 0) is 0 Å². The van der Waals surface area contributed by atoms with Crippen LogP contribution in [0.25, 0.3) is 0 Å². The number of aryl methyl sites for hydroxylation is 1. The molecule has 0 saturated heterocycles. The maximum Gasteiger partial charge on any atom is 0.178 e. The number of hydrogen-bond acceptors (Lipinski definition) is 3. The second kappa shape index (κ2) is 4.70. The van der Waals surface area contributed by atoms with Crippen LogP contribution in [-0.4, -0.2) is 13.2 Å². The topological polar surface area (TPSA) is 42.2 Å². The molecule has 0 aliphatic heterocycles. The molecule has 3 heteroatoms. The zero-order chi connectivity index (χ0) is 11.4. The Balaban J connectivity index is 3.24. The van der Waals surface area contributed by atoms with Crippen LogP contribution in [0.4, 0.5) is 0 Å². The van der Waals surface area contributed by atoms with Crippen LogP contribution >= 0.6 is 0 Å². The van der Waals surface area contributed by atoms with Gasteiger partial charge in [0.1, 0.15) is 11.6 Å². The van der Waals surface area contributed by atoms with Gasteiger partial charge in [0.2, 0.25) is 0 Å². The van der Waals surface area contributed by atoms with Crippen molar-refractivity contribution in [2.45, 2.75) is 26.9 Å². The van der Waals surface area contributed by atoms with Gasteiger partial charge in [-0.1, -0.05) is 6.07 Å². The molecule has 0 aliphatic carbocycles. The third kappa shape index (κ3) is 2.41. The number of nitrogens with zero attached hydrogens (tertiary/aromatic N) is 1. The number of methoxy groups -OCH3 is 1. The van der Waals surface area contributed by atoms with Crippen molar-refractivity contribution in [1.29, 1.82) is 5.26 Å². The molecule has 3 nitrogen and oxygen atoms in total. The highest BCUT2D eigenvalue weighted by atomic mass is 16.5. The van der Waals surface area contributed by atoms with E-state index in [2.05, 4.69) is 6.07 Å². The fourth-order valence-corrected chi connectivity index (χ4v) is 1.35. The minimum atomic E-state index is 0.0631. The summed E-state index contributed by atoms with van der Waals surface area (Å²) in [7, 11) is 1.54. The molecular formula is C12H15NO2. The van der Waals surface area contributed by atoms with E-state index in [1.807, 2.05) is 32.9 Å². The van der Waals surface area contributed by atoms with E-state index in [0.29, 0.717) is 17.1 Å². The van der Waals surface area contributed by atoms with Crippen molar-refractivity contribution in [1.82, 2.24) is 0 Å². The third-order valence-electron chi connectivity index (χ3n) is 2.01. The zero-order valence-corrected chi connectivity index (χ0v) is 9.50. The minimum absolute atomic E-state index is 0.0631. The summed E-state index contributed by atoms with van der Waals surface area (Å²) in [5, 5.41) is 9.00. The first-order valence-corrected chi connectivity index (χ1v) is 4.84. The average molecular weight is 205 g/mol. The van der Waals surface area contributed by atoms with Crippen molar-refractivity contribution in [3.05, 3.63) is 23.3 Å². The van der Waals surface area contributed by atoms with E-state index >= 15 is 0 Å². The van der Waals surface area contributed by atoms with Crippen LogP contribution in [0.1, 0.15) is 25.0 Å². The fourth-order valence-electron chi connectivity index (χ4n) is 1.35. The molecule has 0 aromatic heterocycles. The summed E-state index contributed by atoms with van der Waals surface area (Å²) in [5.74, 6) is 1.14.